The van der Waals surface area contributed by atoms with E-state index in [2.05, 4.69) is 4.90 Å². The van der Waals surface area contributed by atoms with Crippen molar-refractivity contribution in [3.63, 3.8) is 0 Å². The summed E-state index contributed by atoms with van der Waals surface area (Å²) in [5.41, 5.74) is 2.20. The van der Waals surface area contributed by atoms with E-state index in [0.29, 0.717) is 52.6 Å². The number of rotatable bonds is 4. The van der Waals surface area contributed by atoms with Crippen LogP contribution in [-0.2, 0) is 10.0 Å². The number of halogens is 3. The Labute approximate surface area is 180 Å². The average Bonchev–Trinajstić information content (AvgIpc) is 2.67. The zero-order valence-electron chi connectivity index (χ0n) is 15.8. The summed E-state index contributed by atoms with van der Waals surface area (Å²) >= 11 is 18.4. The van der Waals surface area contributed by atoms with Gasteiger partial charge >= 0.3 is 0 Å². The van der Waals surface area contributed by atoms with Crippen molar-refractivity contribution in [1.29, 1.82) is 0 Å². The molecular formula is C19H21Cl3N2O3S. The van der Waals surface area contributed by atoms with Crippen molar-refractivity contribution in [2.75, 3.05) is 38.2 Å². The highest BCUT2D eigenvalue weighted by Gasteiger charge is 2.33. The lowest BCUT2D eigenvalue weighted by Gasteiger charge is -2.36. The maximum atomic E-state index is 13.3. The third kappa shape index (κ3) is 3.94. The monoisotopic (exact) mass is 462 g/mol. The maximum Gasteiger partial charge on any atom is 0.247 e. The van der Waals surface area contributed by atoms with Crippen molar-refractivity contribution in [3.8, 4) is 5.75 Å². The molecule has 28 heavy (non-hydrogen) atoms. The first-order valence-electron chi connectivity index (χ1n) is 8.70. The fourth-order valence-corrected chi connectivity index (χ4v) is 5.66. The first kappa shape index (κ1) is 21.5. The standard InChI is InChI=1S/C19H21Cl3N2O3S/c1-12-10-17(27-3)19(13(2)18(12)22)28(25,26)24-8-6-23(7-9-24)14-4-5-15(20)16(21)11-14/h4-5,10-11H,6-9H2,1-3H3. The van der Waals surface area contributed by atoms with E-state index in [9.17, 15) is 8.42 Å². The van der Waals surface area contributed by atoms with Gasteiger partial charge in [-0.1, -0.05) is 34.8 Å². The van der Waals surface area contributed by atoms with Gasteiger partial charge in [-0.05, 0) is 49.2 Å². The smallest absolute Gasteiger partial charge is 0.247 e. The molecule has 3 rings (SSSR count). The van der Waals surface area contributed by atoms with Gasteiger partial charge in [0.05, 0.1) is 17.2 Å². The maximum absolute atomic E-state index is 13.3. The molecule has 0 aliphatic carbocycles. The predicted octanol–water partition coefficient (Wildman–Crippen LogP) is 4.78. The molecule has 0 spiro atoms. The summed E-state index contributed by atoms with van der Waals surface area (Å²) in [5.74, 6) is 0.311. The molecule has 2 aromatic carbocycles. The number of sulfonamides is 1. The molecule has 1 fully saturated rings. The van der Waals surface area contributed by atoms with E-state index in [0.717, 1.165) is 11.3 Å². The highest BCUT2D eigenvalue weighted by atomic mass is 35.5. The second-order valence-electron chi connectivity index (χ2n) is 6.65. The van der Waals surface area contributed by atoms with Crippen LogP contribution in [0.3, 0.4) is 0 Å². The van der Waals surface area contributed by atoms with Gasteiger partial charge in [0.15, 0.2) is 0 Å². The Balaban J connectivity index is 1.86. The molecular weight excluding hydrogens is 443 g/mol. The van der Waals surface area contributed by atoms with Crippen LogP contribution in [0, 0.1) is 13.8 Å². The number of anilines is 1. The van der Waals surface area contributed by atoms with Gasteiger partial charge < -0.3 is 9.64 Å². The zero-order valence-corrected chi connectivity index (χ0v) is 18.9. The molecule has 152 valence electrons. The van der Waals surface area contributed by atoms with Gasteiger partial charge in [0.1, 0.15) is 10.6 Å². The van der Waals surface area contributed by atoms with E-state index in [-0.39, 0.29) is 4.90 Å². The highest BCUT2D eigenvalue weighted by Crippen LogP contribution is 2.37. The fraction of sp³-hybridized carbons (Fsp3) is 0.368. The quantitative estimate of drug-likeness (QED) is 0.654. The largest absolute Gasteiger partial charge is 0.495 e. The second kappa shape index (κ2) is 8.28. The molecule has 0 unspecified atom stereocenters. The van der Waals surface area contributed by atoms with E-state index >= 15 is 0 Å². The minimum Gasteiger partial charge on any atom is -0.495 e. The van der Waals surface area contributed by atoms with E-state index in [1.807, 2.05) is 13.0 Å². The van der Waals surface area contributed by atoms with Crippen molar-refractivity contribution in [3.05, 3.63) is 50.5 Å². The SMILES string of the molecule is COc1cc(C)c(Cl)c(C)c1S(=O)(=O)N1CCN(c2ccc(Cl)c(Cl)c2)CC1. The molecule has 1 heterocycles. The molecule has 0 amide bonds. The number of hydrogen-bond donors (Lipinski definition) is 0. The van der Waals surface area contributed by atoms with E-state index < -0.39 is 10.0 Å². The molecule has 5 nitrogen and oxygen atoms in total. The van der Waals surface area contributed by atoms with Gasteiger partial charge in [-0.15, -0.1) is 0 Å². The predicted molar refractivity (Wildman–Crippen MR) is 115 cm³/mol. The van der Waals surface area contributed by atoms with Crippen LogP contribution in [0.5, 0.6) is 5.75 Å². The van der Waals surface area contributed by atoms with Gasteiger partial charge in [0.25, 0.3) is 0 Å². The molecule has 9 heteroatoms. The van der Waals surface area contributed by atoms with Crippen LogP contribution < -0.4 is 9.64 Å². The molecule has 0 N–H and O–H groups in total. The number of piperazine rings is 1. The third-order valence-electron chi connectivity index (χ3n) is 4.91. The zero-order chi connectivity index (χ0) is 20.6. The van der Waals surface area contributed by atoms with Crippen LogP contribution in [-0.4, -0.2) is 46.0 Å². The van der Waals surface area contributed by atoms with Crippen molar-refractivity contribution in [1.82, 2.24) is 4.31 Å². The number of methoxy groups -OCH3 is 1. The molecule has 1 aliphatic heterocycles. The van der Waals surface area contributed by atoms with E-state index in [1.165, 1.54) is 11.4 Å². The van der Waals surface area contributed by atoms with Gasteiger partial charge in [-0.2, -0.15) is 4.31 Å². The minimum absolute atomic E-state index is 0.133. The molecule has 0 aromatic heterocycles. The van der Waals surface area contributed by atoms with Gasteiger partial charge in [0.2, 0.25) is 10.0 Å². The Morgan fingerprint density at radius 2 is 1.61 bits per heavy atom. The van der Waals surface area contributed by atoms with Crippen LogP contribution in [0.15, 0.2) is 29.2 Å². The van der Waals surface area contributed by atoms with Gasteiger partial charge in [0, 0.05) is 36.9 Å². The summed E-state index contributed by atoms with van der Waals surface area (Å²) in [7, 11) is -2.28. The molecule has 0 atom stereocenters. The highest BCUT2D eigenvalue weighted by molar-refractivity contribution is 7.89. The van der Waals surface area contributed by atoms with Crippen molar-refractivity contribution in [2.24, 2.45) is 0 Å². The summed E-state index contributed by atoms with van der Waals surface area (Å²) in [6.07, 6.45) is 0. The van der Waals surface area contributed by atoms with Crippen LogP contribution in [0.2, 0.25) is 15.1 Å². The van der Waals surface area contributed by atoms with E-state index in [1.54, 1.807) is 25.1 Å². The molecule has 1 saturated heterocycles. The second-order valence-corrected chi connectivity index (χ2v) is 9.72. The molecule has 0 bridgehead atoms. The number of aryl methyl sites for hydroxylation is 1. The number of nitrogens with zero attached hydrogens (tertiary/aromatic N) is 2. The molecule has 2 aromatic rings. The lowest BCUT2D eigenvalue weighted by atomic mass is 10.1. The van der Waals surface area contributed by atoms with Crippen molar-refractivity contribution >= 4 is 50.5 Å². The summed E-state index contributed by atoms with van der Waals surface area (Å²) in [6.45, 7) is 5.30. The Morgan fingerprint density at radius 3 is 2.18 bits per heavy atom. The van der Waals surface area contributed by atoms with Crippen LogP contribution in [0.4, 0.5) is 5.69 Å². The number of ether oxygens (including phenoxy) is 1. The lowest BCUT2D eigenvalue weighted by molar-refractivity contribution is 0.373. The molecule has 0 radical (unpaired) electrons. The van der Waals surface area contributed by atoms with Crippen molar-refractivity contribution in [2.45, 2.75) is 18.7 Å². The van der Waals surface area contributed by atoms with Gasteiger partial charge in [-0.25, -0.2) is 8.42 Å². The Morgan fingerprint density at radius 1 is 0.964 bits per heavy atom. The van der Waals surface area contributed by atoms with Crippen LogP contribution in [0.1, 0.15) is 11.1 Å². The normalized spacial score (nSPS) is 15.7. The van der Waals surface area contributed by atoms with Crippen molar-refractivity contribution < 1.29 is 13.2 Å². The van der Waals surface area contributed by atoms with Gasteiger partial charge in [-0.3, -0.25) is 0 Å². The number of benzene rings is 2. The lowest BCUT2D eigenvalue weighted by Crippen LogP contribution is -2.48. The molecule has 1 aliphatic rings. The van der Waals surface area contributed by atoms with Crippen LogP contribution >= 0.6 is 34.8 Å². The summed E-state index contributed by atoms with van der Waals surface area (Å²) in [5, 5.41) is 1.41. The minimum atomic E-state index is -3.75. The van der Waals surface area contributed by atoms with Crippen LogP contribution in [0.25, 0.3) is 0 Å². The third-order valence-corrected chi connectivity index (χ3v) is 8.30. The first-order valence-corrected chi connectivity index (χ1v) is 11.3. The topological polar surface area (TPSA) is 49.9 Å². The summed E-state index contributed by atoms with van der Waals surface area (Å²) in [4.78, 5) is 2.22. The first-order chi connectivity index (χ1) is 13.2. The summed E-state index contributed by atoms with van der Waals surface area (Å²) in [6, 6.07) is 7.07. The average molecular weight is 464 g/mol. The Hall–Kier alpha value is -1.18. The Kier molecular flexibility index (Phi) is 6.37. The summed E-state index contributed by atoms with van der Waals surface area (Å²) < 4.78 is 33.5. The number of hydrogen-bond acceptors (Lipinski definition) is 4. The fourth-order valence-electron chi connectivity index (χ4n) is 3.38. The molecule has 0 saturated carbocycles. The van der Waals surface area contributed by atoms with E-state index in [4.69, 9.17) is 39.5 Å². The Bertz CT molecular complexity index is 1000.